The summed E-state index contributed by atoms with van der Waals surface area (Å²) in [6.45, 7) is 1.97. The quantitative estimate of drug-likeness (QED) is 0.940. The molecule has 0 radical (unpaired) electrons. The first-order valence-corrected chi connectivity index (χ1v) is 6.56. The zero-order valence-corrected chi connectivity index (χ0v) is 11.7. The summed E-state index contributed by atoms with van der Waals surface area (Å²) in [5.74, 6) is 1.51. The van der Waals surface area contributed by atoms with Gasteiger partial charge in [-0.05, 0) is 43.2 Å². The average Bonchev–Trinajstić information content (AvgIpc) is 2.28. The number of hydrogen-bond acceptors (Lipinski definition) is 3. The lowest BCUT2D eigenvalue weighted by atomic mass is 10.1. The summed E-state index contributed by atoms with van der Waals surface area (Å²) >= 11 is 3.41. The molecule has 94 valence electrons. The average molecular weight is 307 g/mol. The Balaban J connectivity index is 2.14. The molecule has 18 heavy (non-hydrogen) atoms. The van der Waals surface area contributed by atoms with Gasteiger partial charge in [-0.1, -0.05) is 22.0 Å². The molecule has 1 heterocycles. The molecule has 1 unspecified atom stereocenters. The van der Waals surface area contributed by atoms with Gasteiger partial charge < -0.3 is 10.5 Å². The fourth-order valence-electron chi connectivity index (χ4n) is 1.67. The molecule has 0 fully saturated rings. The molecule has 0 aliphatic heterocycles. The number of rotatable bonds is 4. The molecule has 0 aliphatic rings. The molecular weight excluding hydrogens is 292 g/mol. The minimum atomic E-state index is 0.118. The highest BCUT2D eigenvalue weighted by molar-refractivity contribution is 9.10. The van der Waals surface area contributed by atoms with Crippen LogP contribution in [0.5, 0.6) is 11.5 Å². The van der Waals surface area contributed by atoms with Gasteiger partial charge in [0, 0.05) is 16.7 Å². The van der Waals surface area contributed by atoms with E-state index in [1.165, 1.54) is 0 Å². The molecule has 1 atom stereocenters. The Morgan fingerprint density at radius 3 is 2.83 bits per heavy atom. The number of nitrogens with two attached hydrogens (primary N) is 1. The maximum atomic E-state index is 5.77. The highest BCUT2D eigenvalue weighted by Gasteiger charge is 2.02. The molecule has 2 aromatic rings. The largest absolute Gasteiger partial charge is 0.456 e. The molecule has 3 nitrogen and oxygen atoms in total. The first kappa shape index (κ1) is 13.1. The van der Waals surface area contributed by atoms with Crippen LogP contribution in [-0.4, -0.2) is 11.0 Å². The third-order valence-electron chi connectivity index (χ3n) is 2.36. The normalized spacial score (nSPS) is 12.2. The summed E-state index contributed by atoms with van der Waals surface area (Å²) in [5, 5.41) is 0. The number of halogens is 1. The van der Waals surface area contributed by atoms with Crippen molar-refractivity contribution in [3.8, 4) is 11.5 Å². The first-order chi connectivity index (χ1) is 8.63. The van der Waals surface area contributed by atoms with E-state index < -0.39 is 0 Å². The van der Waals surface area contributed by atoms with Crippen LogP contribution in [0, 0.1) is 0 Å². The number of benzene rings is 1. The second-order valence-corrected chi connectivity index (χ2v) is 5.19. The predicted molar refractivity (Wildman–Crippen MR) is 75.8 cm³/mol. The van der Waals surface area contributed by atoms with E-state index in [1.807, 2.05) is 43.5 Å². The fourth-order valence-corrected chi connectivity index (χ4v) is 2.05. The van der Waals surface area contributed by atoms with Crippen LogP contribution >= 0.6 is 15.9 Å². The van der Waals surface area contributed by atoms with Crippen molar-refractivity contribution in [3.05, 3.63) is 52.8 Å². The Bertz CT molecular complexity index is 529. The zero-order valence-electron chi connectivity index (χ0n) is 10.1. The minimum absolute atomic E-state index is 0.118. The summed E-state index contributed by atoms with van der Waals surface area (Å²) < 4.78 is 6.73. The summed E-state index contributed by atoms with van der Waals surface area (Å²) in [7, 11) is 0. The van der Waals surface area contributed by atoms with Crippen LogP contribution in [0.4, 0.5) is 0 Å². The van der Waals surface area contributed by atoms with Crippen molar-refractivity contribution in [1.29, 1.82) is 0 Å². The van der Waals surface area contributed by atoms with Crippen LogP contribution in [-0.2, 0) is 6.42 Å². The number of nitrogens with zero attached hydrogens (tertiary/aromatic N) is 1. The van der Waals surface area contributed by atoms with E-state index in [2.05, 4.69) is 20.9 Å². The summed E-state index contributed by atoms with van der Waals surface area (Å²) in [5.41, 5.74) is 6.85. The molecule has 4 heteroatoms. The van der Waals surface area contributed by atoms with E-state index in [9.17, 15) is 0 Å². The van der Waals surface area contributed by atoms with Crippen LogP contribution in [0.1, 0.15) is 12.5 Å². The van der Waals surface area contributed by atoms with Gasteiger partial charge in [-0.2, -0.15) is 0 Å². The predicted octanol–water partition coefficient (Wildman–Crippen LogP) is 3.53. The Labute approximate surface area is 115 Å². The zero-order chi connectivity index (χ0) is 13.0. The fraction of sp³-hybridized carbons (Fsp3) is 0.214. The number of pyridine rings is 1. The van der Waals surface area contributed by atoms with Crippen molar-refractivity contribution in [2.24, 2.45) is 5.73 Å². The van der Waals surface area contributed by atoms with Crippen LogP contribution in [0.25, 0.3) is 0 Å². The molecule has 0 bridgehead atoms. The molecule has 1 aromatic heterocycles. The third kappa shape index (κ3) is 3.82. The maximum Gasteiger partial charge on any atom is 0.145 e. The van der Waals surface area contributed by atoms with Gasteiger partial charge >= 0.3 is 0 Å². The lowest BCUT2D eigenvalue weighted by molar-refractivity contribution is 0.479. The topological polar surface area (TPSA) is 48.1 Å². The number of ether oxygens (including phenoxy) is 1. The summed E-state index contributed by atoms with van der Waals surface area (Å²) in [6.07, 6.45) is 4.31. The van der Waals surface area contributed by atoms with Crippen molar-refractivity contribution in [3.63, 3.8) is 0 Å². The number of aromatic nitrogens is 1. The highest BCUT2D eigenvalue weighted by atomic mass is 79.9. The molecular formula is C14H15BrN2O. The van der Waals surface area contributed by atoms with E-state index in [0.717, 1.165) is 28.0 Å². The van der Waals surface area contributed by atoms with Gasteiger partial charge in [0.1, 0.15) is 11.5 Å². The second-order valence-electron chi connectivity index (χ2n) is 4.27. The van der Waals surface area contributed by atoms with Crippen LogP contribution in [0.15, 0.2) is 47.2 Å². The van der Waals surface area contributed by atoms with Crippen molar-refractivity contribution >= 4 is 15.9 Å². The molecule has 0 amide bonds. The monoisotopic (exact) mass is 306 g/mol. The Kier molecular flexibility index (Phi) is 4.33. The van der Waals surface area contributed by atoms with Crippen LogP contribution in [0.2, 0.25) is 0 Å². The van der Waals surface area contributed by atoms with Crippen LogP contribution in [0.3, 0.4) is 0 Å². The van der Waals surface area contributed by atoms with Gasteiger partial charge in [-0.3, -0.25) is 4.98 Å². The molecule has 2 rings (SSSR count). The lowest BCUT2D eigenvalue weighted by Gasteiger charge is -2.08. The van der Waals surface area contributed by atoms with Crippen LogP contribution < -0.4 is 10.5 Å². The molecule has 0 saturated carbocycles. The van der Waals surface area contributed by atoms with E-state index in [0.29, 0.717) is 0 Å². The highest BCUT2D eigenvalue weighted by Crippen LogP contribution is 2.24. The van der Waals surface area contributed by atoms with E-state index in [4.69, 9.17) is 10.5 Å². The SMILES string of the molecule is CC(N)Cc1cncc(Oc2cccc(Br)c2)c1. The maximum absolute atomic E-state index is 5.77. The Morgan fingerprint density at radius 2 is 2.11 bits per heavy atom. The number of hydrogen-bond donors (Lipinski definition) is 1. The van der Waals surface area contributed by atoms with Gasteiger partial charge in [-0.15, -0.1) is 0 Å². The first-order valence-electron chi connectivity index (χ1n) is 5.76. The van der Waals surface area contributed by atoms with Crippen molar-refractivity contribution < 1.29 is 4.74 Å². The van der Waals surface area contributed by atoms with Crippen molar-refractivity contribution in [2.75, 3.05) is 0 Å². The van der Waals surface area contributed by atoms with Crippen molar-refractivity contribution in [1.82, 2.24) is 4.98 Å². The molecule has 0 aliphatic carbocycles. The summed E-state index contributed by atoms with van der Waals surface area (Å²) in [6, 6.07) is 9.79. The molecule has 2 N–H and O–H groups in total. The molecule has 0 spiro atoms. The van der Waals surface area contributed by atoms with Gasteiger partial charge in [0.25, 0.3) is 0 Å². The van der Waals surface area contributed by atoms with Gasteiger partial charge in [0.05, 0.1) is 6.20 Å². The van der Waals surface area contributed by atoms with Gasteiger partial charge in [-0.25, -0.2) is 0 Å². The van der Waals surface area contributed by atoms with E-state index >= 15 is 0 Å². The second kappa shape index (κ2) is 5.98. The van der Waals surface area contributed by atoms with Gasteiger partial charge in [0.2, 0.25) is 0 Å². The Hall–Kier alpha value is -1.39. The smallest absolute Gasteiger partial charge is 0.145 e. The molecule has 0 saturated heterocycles. The van der Waals surface area contributed by atoms with E-state index in [1.54, 1.807) is 6.20 Å². The summed E-state index contributed by atoms with van der Waals surface area (Å²) in [4.78, 5) is 4.16. The minimum Gasteiger partial charge on any atom is -0.456 e. The third-order valence-corrected chi connectivity index (χ3v) is 2.85. The standard InChI is InChI=1S/C14H15BrN2O/c1-10(16)5-11-6-14(9-17-8-11)18-13-4-2-3-12(15)7-13/h2-4,6-10H,5,16H2,1H3. The molecule has 1 aromatic carbocycles. The van der Waals surface area contributed by atoms with Gasteiger partial charge in [0.15, 0.2) is 0 Å². The lowest BCUT2D eigenvalue weighted by Crippen LogP contribution is -2.17. The van der Waals surface area contributed by atoms with E-state index in [-0.39, 0.29) is 6.04 Å². The Morgan fingerprint density at radius 1 is 1.28 bits per heavy atom. The van der Waals surface area contributed by atoms with Crippen molar-refractivity contribution in [2.45, 2.75) is 19.4 Å².